The minimum absolute atomic E-state index is 0.150. The van der Waals surface area contributed by atoms with Gasteiger partial charge in [-0.1, -0.05) is 36.4 Å². The van der Waals surface area contributed by atoms with Crippen molar-refractivity contribution in [2.24, 2.45) is 0 Å². The molecule has 158 valence electrons. The second-order valence-corrected chi connectivity index (χ2v) is 7.88. The number of methoxy groups -OCH3 is 1. The molecule has 4 rings (SSSR count). The number of hydrogen-bond donors (Lipinski definition) is 1. The SMILES string of the molecule is COc1ccc(-c2nc(C(=O)NCCCN(C)C)cc3c2ccc2ccccc23)cc1. The highest BCUT2D eigenvalue weighted by atomic mass is 16.5. The van der Waals surface area contributed by atoms with E-state index in [9.17, 15) is 4.79 Å². The Morgan fingerprint density at radius 1 is 0.968 bits per heavy atom. The third-order valence-corrected chi connectivity index (χ3v) is 5.40. The van der Waals surface area contributed by atoms with Crippen molar-refractivity contribution >= 4 is 27.5 Å². The molecule has 0 unspecified atom stereocenters. The lowest BCUT2D eigenvalue weighted by molar-refractivity contribution is 0.0947. The lowest BCUT2D eigenvalue weighted by Gasteiger charge is -2.13. The molecule has 1 aromatic heterocycles. The number of hydrogen-bond acceptors (Lipinski definition) is 4. The van der Waals surface area contributed by atoms with Crippen LogP contribution in [0.4, 0.5) is 0 Å². The number of benzene rings is 3. The van der Waals surface area contributed by atoms with Crippen molar-refractivity contribution in [3.63, 3.8) is 0 Å². The fourth-order valence-corrected chi connectivity index (χ4v) is 3.78. The van der Waals surface area contributed by atoms with E-state index in [0.29, 0.717) is 12.2 Å². The molecule has 0 aliphatic rings. The quantitative estimate of drug-likeness (QED) is 0.351. The summed E-state index contributed by atoms with van der Waals surface area (Å²) in [6.07, 6.45) is 0.889. The maximum Gasteiger partial charge on any atom is 0.269 e. The van der Waals surface area contributed by atoms with Crippen LogP contribution in [-0.2, 0) is 0 Å². The van der Waals surface area contributed by atoms with Crippen molar-refractivity contribution in [2.45, 2.75) is 6.42 Å². The monoisotopic (exact) mass is 413 g/mol. The Kier molecular flexibility index (Phi) is 6.14. The van der Waals surface area contributed by atoms with Gasteiger partial charge in [-0.15, -0.1) is 0 Å². The van der Waals surface area contributed by atoms with Crippen LogP contribution in [0.1, 0.15) is 16.9 Å². The second kappa shape index (κ2) is 9.14. The van der Waals surface area contributed by atoms with E-state index in [1.807, 2.05) is 56.6 Å². The summed E-state index contributed by atoms with van der Waals surface area (Å²) >= 11 is 0. The first-order valence-electron chi connectivity index (χ1n) is 10.5. The topological polar surface area (TPSA) is 54.5 Å². The maximum absolute atomic E-state index is 12.9. The standard InChI is InChI=1S/C26H27N3O2/c1-29(2)16-6-15-27-26(30)24-17-23-21-8-5-4-7-18(21)11-14-22(23)25(28-24)19-9-12-20(31-3)13-10-19/h4-5,7-14,17H,6,15-16H2,1-3H3,(H,27,30). The van der Waals surface area contributed by atoms with Crippen molar-refractivity contribution in [2.75, 3.05) is 34.3 Å². The van der Waals surface area contributed by atoms with Crippen LogP contribution in [0, 0.1) is 0 Å². The Balaban J connectivity index is 1.80. The summed E-state index contributed by atoms with van der Waals surface area (Å²) in [5, 5.41) is 7.31. The molecular formula is C26H27N3O2. The molecule has 0 bridgehead atoms. The third kappa shape index (κ3) is 4.52. The average molecular weight is 414 g/mol. The molecule has 1 heterocycles. The summed E-state index contributed by atoms with van der Waals surface area (Å²) < 4.78 is 5.30. The highest BCUT2D eigenvalue weighted by Crippen LogP contribution is 2.33. The van der Waals surface area contributed by atoms with E-state index in [0.717, 1.165) is 51.5 Å². The maximum atomic E-state index is 12.9. The van der Waals surface area contributed by atoms with Crippen LogP contribution in [0.3, 0.4) is 0 Å². The van der Waals surface area contributed by atoms with Gasteiger partial charge < -0.3 is 15.0 Å². The number of aromatic nitrogens is 1. The lowest BCUT2D eigenvalue weighted by atomic mass is 9.97. The van der Waals surface area contributed by atoms with Crippen LogP contribution in [-0.4, -0.2) is 50.1 Å². The van der Waals surface area contributed by atoms with Crippen LogP contribution < -0.4 is 10.1 Å². The molecular weight excluding hydrogens is 386 g/mol. The minimum Gasteiger partial charge on any atom is -0.497 e. The Morgan fingerprint density at radius 2 is 1.74 bits per heavy atom. The van der Waals surface area contributed by atoms with E-state index in [-0.39, 0.29) is 5.91 Å². The fraction of sp³-hybridized carbons (Fsp3) is 0.231. The minimum atomic E-state index is -0.150. The highest BCUT2D eigenvalue weighted by molar-refractivity contribution is 6.13. The van der Waals surface area contributed by atoms with Gasteiger partial charge in [0.25, 0.3) is 5.91 Å². The van der Waals surface area contributed by atoms with Crippen molar-refractivity contribution in [1.29, 1.82) is 0 Å². The van der Waals surface area contributed by atoms with Crippen molar-refractivity contribution in [3.05, 3.63) is 72.4 Å². The molecule has 0 spiro atoms. The van der Waals surface area contributed by atoms with Gasteiger partial charge in [-0.2, -0.15) is 0 Å². The highest BCUT2D eigenvalue weighted by Gasteiger charge is 2.15. The van der Waals surface area contributed by atoms with Crippen LogP contribution in [0.25, 0.3) is 32.8 Å². The summed E-state index contributed by atoms with van der Waals surface area (Å²) in [5.74, 6) is 0.636. The molecule has 5 heteroatoms. The number of fused-ring (bicyclic) bond motifs is 3. The number of amides is 1. The smallest absolute Gasteiger partial charge is 0.269 e. The van der Waals surface area contributed by atoms with Gasteiger partial charge in [0.1, 0.15) is 11.4 Å². The number of ether oxygens (including phenoxy) is 1. The van der Waals surface area contributed by atoms with E-state index >= 15 is 0 Å². The average Bonchev–Trinajstić information content (AvgIpc) is 2.80. The lowest BCUT2D eigenvalue weighted by Crippen LogP contribution is -2.27. The molecule has 0 radical (unpaired) electrons. The van der Waals surface area contributed by atoms with Crippen molar-refractivity contribution in [1.82, 2.24) is 15.2 Å². The first kappa shape index (κ1) is 20.8. The molecule has 0 atom stereocenters. The molecule has 3 aromatic carbocycles. The van der Waals surface area contributed by atoms with Gasteiger partial charge in [0, 0.05) is 17.5 Å². The van der Waals surface area contributed by atoms with E-state index in [1.54, 1.807) is 7.11 Å². The zero-order valence-corrected chi connectivity index (χ0v) is 18.2. The Morgan fingerprint density at radius 3 is 2.48 bits per heavy atom. The molecule has 5 nitrogen and oxygen atoms in total. The summed E-state index contributed by atoms with van der Waals surface area (Å²) in [7, 11) is 5.70. The predicted molar refractivity (Wildman–Crippen MR) is 127 cm³/mol. The summed E-state index contributed by atoms with van der Waals surface area (Å²) in [6, 6.07) is 22.1. The number of pyridine rings is 1. The van der Waals surface area contributed by atoms with E-state index in [2.05, 4.69) is 34.5 Å². The summed E-state index contributed by atoms with van der Waals surface area (Å²) in [6.45, 7) is 1.54. The molecule has 4 aromatic rings. The van der Waals surface area contributed by atoms with Crippen LogP contribution in [0.15, 0.2) is 66.7 Å². The Labute approximate surface area is 182 Å². The first-order chi connectivity index (χ1) is 15.1. The number of nitrogens with one attached hydrogen (secondary N) is 1. The summed E-state index contributed by atoms with van der Waals surface area (Å²) in [5.41, 5.74) is 2.17. The molecule has 0 saturated heterocycles. The molecule has 0 fully saturated rings. The Bertz CT molecular complexity index is 1220. The van der Waals surface area contributed by atoms with Crippen LogP contribution in [0.2, 0.25) is 0 Å². The molecule has 0 aliphatic heterocycles. The fourth-order valence-electron chi connectivity index (χ4n) is 3.78. The third-order valence-electron chi connectivity index (χ3n) is 5.40. The largest absolute Gasteiger partial charge is 0.497 e. The van der Waals surface area contributed by atoms with Gasteiger partial charge in [0.15, 0.2) is 0 Å². The predicted octanol–water partition coefficient (Wildman–Crippen LogP) is 4.75. The first-order valence-corrected chi connectivity index (χ1v) is 10.5. The molecule has 1 amide bonds. The van der Waals surface area contributed by atoms with Gasteiger partial charge in [-0.25, -0.2) is 4.98 Å². The second-order valence-electron chi connectivity index (χ2n) is 7.88. The number of nitrogens with zero attached hydrogens (tertiary/aromatic N) is 2. The van der Waals surface area contributed by atoms with Crippen LogP contribution in [0.5, 0.6) is 5.75 Å². The van der Waals surface area contributed by atoms with Gasteiger partial charge in [0.05, 0.1) is 12.8 Å². The molecule has 0 saturated carbocycles. The van der Waals surface area contributed by atoms with Gasteiger partial charge in [-0.3, -0.25) is 4.79 Å². The van der Waals surface area contributed by atoms with Crippen LogP contribution >= 0.6 is 0 Å². The normalized spacial score (nSPS) is 11.2. The molecule has 31 heavy (non-hydrogen) atoms. The number of carbonyl (C=O) groups is 1. The van der Waals surface area contributed by atoms with Crippen molar-refractivity contribution < 1.29 is 9.53 Å². The van der Waals surface area contributed by atoms with Crippen molar-refractivity contribution in [3.8, 4) is 17.0 Å². The zero-order chi connectivity index (χ0) is 21.8. The number of carbonyl (C=O) groups excluding carboxylic acids is 1. The number of rotatable bonds is 7. The zero-order valence-electron chi connectivity index (χ0n) is 18.2. The van der Waals surface area contributed by atoms with Gasteiger partial charge >= 0.3 is 0 Å². The molecule has 0 aliphatic carbocycles. The van der Waals surface area contributed by atoms with Gasteiger partial charge in [0.2, 0.25) is 0 Å². The Hall–Kier alpha value is -3.44. The summed E-state index contributed by atoms with van der Waals surface area (Å²) in [4.78, 5) is 19.8. The molecule has 1 N–H and O–H groups in total. The van der Waals surface area contributed by atoms with E-state index < -0.39 is 0 Å². The van der Waals surface area contributed by atoms with E-state index in [4.69, 9.17) is 9.72 Å². The van der Waals surface area contributed by atoms with E-state index in [1.165, 1.54) is 0 Å². The van der Waals surface area contributed by atoms with Gasteiger partial charge in [-0.05, 0) is 73.6 Å².